The summed E-state index contributed by atoms with van der Waals surface area (Å²) in [5, 5.41) is 4.64. The zero-order valence-corrected chi connectivity index (χ0v) is 11.1. The molecule has 3 nitrogen and oxygen atoms in total. The molecule has 1 N–H and O–H groups in total. The Bertz CT molecular complexity index is 525. The monoisotopic (exact) mass is 243 g/mol. The van der Waals surface area contributed by atoms with Crippen molar-refractivity contribution >= 4 is 16.6 Å². The minimum Gasteiger partial charge on any atom is -0.497 e. The van der Waals surface area contributed by atoms with E-state index in [4.69, 9.17) is 4.74 Å². The molecule has 0 aliphatic rings. The maximum Gasteiger partial charge on any atom is 0.121 e. The second kappa shape index (κ2) is 5.71. The predicted molar refractivity (Wildman–Crippen MR) is 76.0 cm³/mol. The summed E-state index contributed by atoms with van der Waals surface area (Å²) in [6.45, 7) is 4.25. The van der Waals surface area contributed by atoms with E-state index in [9.17, 15) is 0 Å². The van der Waals surface area contributed by atoms with Crippen LogP contribution in [0.4, 0.5) is 5.69 Å². The van der Waals surface area contributed by atoms with Crippen LogP contribution in [-0.4, -0.2) is 18.1 Å². The van der Waals surface area contributed by atoms with Crippen LogP contribution in [0.25, 0.3) is 10.9 Å². The molecule has 0 saturated heterocycles. The molecule has 0 unspecified atom stereocenters. The van der Waals surface area contributed by atoms with Gasteiger partial charge in [0.05, 0.1) is 12.6 Å². The molecule has 0 saturated carbocycles. The fourth-order valence-electron chi connectivity index (χ4n) is 2.06. The van der Waals surface area contributed by atoms with E-state index in [1.54, 1.807) is 7.11 Å². The molecule has 18 heavy (non-hydrogen) atoms. The van der Waals surface area contributed by atoms with E-state index in [1.807, 2.05) is 30.5 Å². The number of fused-ring (bicyclic) bond motifs is 1. The highest BCUT2D eigenvalue weighted by Crippen LogP contribution is 2.26. The summed E-state index contributed by atoms with van der Waals surface area (Å²) in [5.41, 5.74) is 2.07. The van der Waals surface area contributed by atoms with Gasteiger partial charge in [-0.2, -0.15) is 0 Å². The first kappa shape index (κ1) is 12.7. The van der Waals surface area contributed by atoms with E-state index in [0.29, 0.717) is 6.04 Å². The summed E-state index contributed by atoms with van der Waals surface area (Å²) >= 11 is 0. The second-order valence-electron chi connectivity index (χ2n) is 4.43. The number of ether oxygens (including phenoxy) is 1. The van der Waals surface area contributed by atoms with E-state index < -0.39 is 0 Å². The molecule has 1 radical (unpaired) electrons. The molecule has 95 valence electrons. The van der Waals surface area contributed by atoms with Gasteiger partial charge in [-0.15, -0.1) is 0 Å². The third-order valence-corrected chi connectivity index (χ3v) is 2.94. The van der Waals surface area contributed by atoms with Gasteiger partial charge < -0.3 is 10.1 Å². The average Bonchev–Trinajstić information content (AvgIpc) is 2.38. The van der Waals surface area contributed by atoms with Crippen LogP contribution in [0.15, 0.2) is 30.5 Å². The highest BCUT2D eigenvalue weighted by atomic mass is 16.5. The van der Waals surface area contributed by atoms with E-state index in [0.717, 1.165) is 28.8 Å². The number of nitrogens with one attached hydrogen (secondary N) is 1. The SMILES string of the molecule is C[CH]C[C@@H](C)Nc1ccnc2cc(OC)ccc12. The van der Waals surface area contributed by atoms with E-state index in [1.165, 1.54) is 0 Å². The van der Waals surface area contributed by atoms with Crippen LogP contribution in [0.2, 0.25) is 0 Å². The quantitative estimate of drug-likeness (QED) is 0.870. The van der Waals surface area contributed by atoms with E-state index in [2.05, 4.69) is 30.6 Å². The molecule has 1 aromatic heterocycles. The number of hydrogen-bond acceptors (Lipinski definition) is 3. The van der Waals surface area contributed by atoms with Gasteiger partial charge in [0.25, 0.3) is 0 Å². The minimum absolute atomic E-state index is 0.419. The molecule has 3 heteroatoms. The number of rotatable bonds is 5. The van der Waals surface area contributed by atoms with Crippen molar-refractivity contribution in [2.45, 2.75) is 26.3 Å². The van der Waals surface area contributed by atoms with Crippen LogP contribution in [0.1, 0.15) is 20.3 Å². The Hall–Kier alpha value is -1.77. The summed E-state index contributed by atoms with van der Waals surface area (Å²) < 4.78 is 5.22. The van der Waals surface area contributed by atoms with Crippen LogP contribution in [0, 0.1) is 6.42 Å². The van der Waals surface area contributed by atoms with Crippen molar-refractivity contribution in [1.82, 2.24) is 4.98 Å². The van der Waals surface area contributed by atoms with Crippen LogP contribution < -0.4 is 10.1 Å². The lowest BCUT2D eigenvalue weighted by Gasteiger charge is -2.16. The normalized spacial score (nSPS) is 12.4. The van der Waals surface area contributed by atoms with Crippen molar-refractivity contribution in [3.63, 3.8) is 0 Å². The lowest BCUT2D eigenvalue weighted by Crippen LogP contribution is -2.14. The summed E-state index contributed by atoms with van der Waals surface area (Å²) in [6.07, 6.45) is 5.04. The smallest absolute Gasteiger partial charge is 0.121 e. The van der Waals surface area contributed by atoms with Gasteiger partial charge in [0.1, 0.15) is 5.75 Å². The molecular weight excluding hydrogens is 224 g/mol. The fourth-order valence-corrected chi connectivity index (χ4v) is 2.06. The molecule has 1 heterocycles. The zero-order valence-electron chi connectivity index (χ0n) is 11.1. The van der Waals surface area contributed by atoms with Gasteiger partial charge in [0.2, 0.25) is 0 Å². The van der Waals surface area contributed by atoms with Gasteiger partial charge in [-0.3, -0.25) is 4.98 Å². The van der Waals surface area contributed by atoms with Crippen molar-refractivity contribution in [2.24, 2.45) is 0 Å². The van der Waals surface area contributed by atoms with Crippen molar-refractivity contribution in [3.8, 4) is 5.75 Å². The summed E-state index contributed by atoms with van der Waals surface area (Å²) in [5.74, 6) is 0.835. The predicted octanol–water partition coefficient (Wildman–Crippen LogP) is 3.66. The summed E-state index contributed by atoms with van der Waals surface area (Å²) in [6, 6.07) is 8.40. The van der Waals surface area contributed by atoms with Gasteiger partial charge in [0, 0.05) is 29.4 Å². The Balaban J connectivity index is 2.33. The van der Waals surface area contributed by atoms with Crippen LogP contribution in [0.3, 0.4) is 0 Å². The molecule has 2 rings (SSSR count). The van der Waals surface area contributed by atoms with Crippen molar-refractivity contribution in [1.29, 1.82) is 0 Å². The topological polar surface area (TPSA) is 34.2 Å². The first-order valence-electron chi connectivity index (χ1n) is 6.21. The highest BCUT2D eigenvalue weighted by Gasteiger charge is 2.06. The van der Waals surface area contributed by atoms with Gasteiger partial charge in [0.15, 0.2) is 0 Å². The molecule has 2 aromatic rings. The molecule has 1 atom stereocenters. The Morgan fingerprint density at radius 3 is 2.94 bits per heavy atom. The third-order valence-electron chi connectivity index (χ3n) is 2.94. The van der Waals surface area contributed by atoms with E-state index >= 15 is 0 Å². The Morgan fingerprint density at radius 1 is 1.39 bits per heavy atom. The van der Waals surface area contributed by atoms with Gasteiger partial charge >= 0.3 is 0 Å². The molecule has 0 spiro atoms. The van der Waals surface area contributed by atoms with Crippen molar-refractivity contribution in [3.05, 3.63) is 36.9 Å². The number of pyridine rings is 1. The van der Waals surface area contributed by atoms with E-state index in [-0.39, 0.29) is 0 Å². The largest absolute Gasteiger partial charge is 0.497 e. The number of hydrogen-bond donors (Lipinski definition) is 1. The molecular formula is C15H19N2O. The van der Waals surface area contributed by atoms with Crippen molar-refractivity contribution in [2.75, 3.05) is 12.4 Å². The summed E-state index contributed by atoms with van der Waals surface area (Å²) in [7, 11) is 1.67. The standard InChI is InChI=1S/C15H19N2O/c1-4-5-11(2)17-14-8-9-16-15-10-12(18-3)6-7-13(14)15/h4,6-11H,5H2,1-3H3,(H,16,17)/t11-/m1/s1. The maximum atomic E-state index is 5.22. The van der Waals surface area contributed by atoms with Gasteiger partial charge in [-0.05, 0) is 38.0 Å². The first-order chi connectivity index (χ1) is 8.74. The summed E-state index contributed by atoms with van der Waals surface area (Å²) in [4.78, 5) is 4.38. The number of aromatic nitrogens is 1. The van der Waals surface area contributed by atoms with Gasteiger partial charge in [-0.25, -0.2) is 0 Å². The fraction of sp³-hybridized carbons (Fsp3) is 0.333. The molecule has 0 fully saturated rings. The molecule has 0 amide bonds. The van der Waals surface area contributed by atoms with Crippen LogP contribution >= 0.6 is 0 Å². The second-order valence-corrected chi connectivity index (χ2v) is 4.43. The molecule has 0 aliphatic carbocycles. The van der Waals surface area contributed by atoms with Crippen LogP contribution in [-0.2, 0) is 0 Å². The number of nitrogens with zero attached hydrogens (tertiary/aromatic N) is 1. The number of methoxy groups -OCH3 is 1. The Labute approximate surface area is 108 Å². The lowest BCUT2D eigenvalue weighted by atomic mass is 10.1. The van der Waals surface area contributed by atoms with Gasteiger partial charge in [-0.1, -0.05) is 6.92 Å². The Morgan fingerprint density at radius 2 is 2.22 bits per heavy atom. The van der Waals surface area contributed by atoms with Crippen molar-refractivity contribution < 1.29 is 4.74 Å². The molecule has 0 bridgehead atoms. The first-order valence-corrected chi connectivity index (χ1v) is 6.21. The highest BCUT2D eigenvalue weighted by molar-refractivity contribution is 5.91. The Kier molecular flexibility index (Phi) is 4.03. The average molecular weight is 243 g/mol. The third kappa shape index (κ3) is 2.73. The molecule has 1 aromatic carbocycles. The lowest BCUT2D eigenvalue weighted by molar-refractivity contribution is 0.415. The zero-order chi connectivity index (χ0) is 13.0. The minimum atomic E-state index is 0.419. The number of anilines is 1. The molecule has 0 aliphatic heterocycles. The maximum absolute atomic E-state index is 5.22. The number of benzene rings is 1. The van der Waals surface area contributed by atoms with Crippen LogP contribution in [0.5, 0.6) is 5.75 Å².